The van der Waals surface area contributed by atoms with Gasteiger partial charge < -0.3 is 15.5 Å². The van der Waals surface area contributed by atoms with Crippen LogP contribution in [0.4, 0.5) is 0 Å². The fourth-order valence-corrected chi connectivity index (χ4v) is 1.71. The van der Waals surface area contributed by atoms with Gasteiger partial charge in [0, 0.05) is 12.8 Å². The number of hydrogen-bond acceptors (Lipinski definition) is 3. The second kappa shape index (κ2) is 4.23. The van der Waals surface area contributed by atoms with Crippen LogP contribution in [0, 0.1) is 11.8 Å². The molecule has 1 aliphatic heterocycles. The second-order valence-electron chi connectivity index (χ2n) is 3.37. The molecule has 0 aromatic heterocycles. The summed E-state index contributed by atoms with van der Waals surface area (Å²) < 4.78 is 0. The Kier molecular flexibility index (Phi) is 3.25. The smallest absolute Gasteiger partial charge is 0.303 e. The minimum Gasteiger partial charge on any atom is -0.481 e. The predicted octanol–water partition coefficient (Wildman–Crippen LogP) is -0.229. The zero-order chi connectivity index (χ0) is 9.84. The highest BCUT2D eigenvalue weighted by Gasteiger charge is 2.30. The van der Waals surface area contributed by atoms with Crippen molar-refractivity contribution in [1.29, 1.82) is 0 Å². The normalized spacial score (nSPS) is 27.4. The van der Waals surface area contributed by atoms with Gasteiger partial charge in [0.25, 0.3) is 0 Å². The Morgan fingerprint density at radius 2 is 1.46 bits per heavy atom. The third kappa shape index (κ3) is 3.02. The van der Waals surface area contributed by atoms with E-state index in [-0.39, 0.29) is 24.7 Å². The van der Waals surface area contributed by atoms with E-state index < -0.39 is 11.9 Å². The molecule has 5 heteroatoms. The molecule has 0 radical (unpaired) electrons. The van der Waals surface area contributed by atoms with E-state index in [4.69, 9.17) is 10.2 Å². The van der Waals surface area contributed by atoms with Crippen molar-refractivity contribution < 1.29 is 19.8 Å². The fraction of sp³-hybridized carbons (Fsp3) is 0.750. The van der Waals surface area contributed by atoms with Gasteiger partial charge in [0.1, 0.15) is 0 Å². The van der Waals surface area contributed by atoms with Gasteiger partial charge in [-0.2, -0.15) is 0 Å². The molecule has 74 valence electrons. The van der Waals surface area contributed by atoms with Crippen LogP contribution >= 0.6 is 0 Å². The summed E-state index contributed by atoms with van der Waals surface area (Å²) in [6, 6.07) is 0. The molecule has 1 aliphatic rings. The van der Waals surface area contributed by atoms with E-state index in [0.29, 0.717) is 13.1 Å². The van der Waals surface area contributed by atoms with Crippen molar-refractivity contribution in [3.8, 4) is 0 Å². The molecule has 2 unspecified atom stereocenters. The summed E-state index contributed by atoms with van der Waals surface area (Å²) in [6.07, 6.45) is 0.121. The van der Waals surface area contributed by atoms with Crippen LogP contribution in [-0.2, 0) is 9.59 Å². The highest BCUT2D eigenvalue weighted by molar-refractivity contribution is 5.69. The molecule has 0 aromatic carbocycles. The average molecular weight is 187 g/mol. The lowest BCUT2D eigenvalue weighted by molar-refractivity contribution is -0.141. The summed E-state index contributed by atoms with van der Waals surface area (Å²) in [5.74, 6) is -1.78. The molecule has 0 amide bonds. The van der Waals surface area contributed by atoms with Gasteiger partial charge in [-0.25, -0.2) is 0 Å². The molecule has 1 heterocycles. The minimum atomic E-state index is -0.857. The van der Waals surface area contributed by atoms with Gasteiger partial charge in [-0.05, 0) is 24.9 Å². The highest BCUT2D eigenvalue weighted by atomic mass is 16.4. The maximum Gasteiger partial charge on any atom is 0.303 e. The van der Waals surface area contributed by atoms with Crippen LogP contribution in [-0.4, -0.2) is 35.2 Å². The first-order valence-electron chi connectivity index (χ1n) is 4.24. The van der Waals surface area contributed by atoms with Crippen molar-refractivity contribution in [2.24, 2.45) is 11.8 Å². The zero-order valence-corrected chi connectivity index (χ0v) is 7.19. The summed E-state index contributed by atoms with van der Waals surface area (Å²) in [5.41, 5.74) is 0. The summed E-state index contributed by atoms with van der Waals surface area (Å²) >= 11 is 0. The minimum absolute atomic E-state index is 0.0337. The zero-order valence-electron chi connectivity index (χ0n) is 7.19. The SMILES string of the molecule is O=C(O)CC1CNCC1CC(=O)O. The molecular formula is C8H13NO4. The van der Waals surface area contributed by atoms with Gasteiger partial charge in [0.2, 0.25) is 0 Å². The Bertz CT molecular complexity index is 194. The molecule has 1 fully saturated rings. The first-order chi connectivity index (χ1) is 6.09. The fourth-order valence-electron chi connectivity index (χ4n) is 1.71. The summed E-state index contributed by atoms with van der Waals surface area (Å²) in [5, 5.41) is 20.1. The van der Waals surface area contributed by atoms with Crippen LogP contribution in [0.15, 0.2) is 0 Å². The van der Waals surface area contributed by atoms with Crippen LogP contribution in [0.5, 0.6) is 0 Å². The Labute approximate surface area is 75.7 Å². The van der Waals surface area contributed by atoms with E-state index in [1.165, 1.54) is 0 Å². The molecule has 0 aromatic rings. The first kappa shape index (κ1) is 9.98. The first-order valence-corrected chi connectivity index (χ1v) is 4.24. The number of aliphatic carboxylic acids is 2. The van der Waals surface area contributed by atoms with Crippen molar-refractivity contribution in [2.75, 3.05) is 13.1 Å². The van der Waals surface area contributed by atoms with Crippen LogP contribution < -0.4 is 5.32 Å². The average Bonchev–Trinajstić information content (AvgIpc) is 2.34. The second-order valence-corrected chi connectivity index (χ2v) is 3.37. The molecule has 2 atom stereocenters. The Balaban J connectivity index is 2.43. The largest absolute Gasteiger partial charge is 0.481 e. The van der Waals surface area contributed by atoms with E-state index in [1.807, 2.05) is 0 Å². The summed E-state index contributed by atoms with van der Waals surface area (Å²) in [6.45, 7) is 1.23. The van der Waals surface area contributed by atoms with E-state index in [1.54, 1.807) is 0 Å². The molecule has 3 N–H and O–H groups in total. The Hall–Kier alpha value is -1.10. The molecular weight excluding hydrogens is 174 g/mol. The number of carboxylic acid groups (broad SMARTS) is 2. The van der Waals surface area contributed by atoms with Gasteiger partial charge >= 0.3 is 11.9 Å². The summed E-state index contributed by atoms with van der Waals surface area (Å²) in [7, 11) is 0. The lowest BCUT2D eigenvalue weighted by atomic mass is 9.90. The maximum absolute atomic E-state index is 10.4. The van der Waals surface area contributed by atoms with Crippen LogP contribution in [0.1, 0.15) is 12.8 Å². The molecule has 0 saturated carbocycles. The monoisotopic (exact) mass is 187 g/mol. The highest BCUT2D eigenvalue weighted by Crippen LogP contribution is 2.23. The van der Waals surface area contributed by atoms with Crippen molar-refractivity contribution in [3.63, 3.8) is 0 Å². The molecule has 13 heavy (non-hydrogen) atoms. The van der Waals surface area contributed by atoms with Crippen LogP contribution in [0.25, 0.3) is 0 Å². The number of carbonyl (C=O) groups is 2. The van der Waals surface area contributed by atoms with E-state index in [9.17, 15) is 9.59 Å². The lowest BCUT2D eigenvalue weighted by Gasteiger charge is -2.13. The van der Waals surface area contributed by atoms with E-state index >= 15 is 0 Å². The predicted molar refractivity (Wildman–Crippen MR) is 44.4 cm³/mol. The van der Waals surface area contributed by atoms with Gasteiger partial charge in [-0.15, -0.1) is 0 Å². The lowest BCUT2D eigenvalue weighted by Crippen LogP contribution is -2.19. The summed E-state index contributed by atoms with van der Waals surface area (Å²) in [4.78, 5) is 20.8. The number of carboxylic acids is 2. The molecule has 0 bridgehead atoms. The third-order valence-corrected chi connectivity index (χ3v) is 2.35. The quantitative estimate of drug-likeness (QED) is 0.566. The van der Waals surface area contributed by atoms with Crippen molar-refractivity contribution in [1.82, 2.24) is 5.32 Å². The van der Waals surface area contributed by atoms with Crippen LogP contribution in [0.3, 0.4) is 0 Å². The van der Waals surface area contributed by atoms with Crippen molar-refractivity contribution in [2.45, 2.75) is 12.8 Å². The standard InChI is InChI=1S/C8H13NO4/c10-7(11)1-5-3-9-4-6(5)2-8(12)13/h5-6,9H,1-4H2,(H,10,11)(H,12,13). The van der Waals surface area contributed by atoms with Crippen LogP contribution in [0.2, 0.25) is 0 Å². The molecule has 1 saturated heterocycles. The van der Waals surface area contributed by atoms with Crippen molar-refractivity contribution in [3.05, 3.63) is 0 Å². The topological polar surface area (TPSA) is 86.6 Å². The number of rotatable bonds is 4. The van der Waals surface area contributed by atoms with Crippen molar-refractivity contribution >= 4 is 11.9 Å². The Morgan fingerprint density at radius 3 is 1.77 bits per heavy atom. The van der Waals surface area contributed by atoms with Gasteiger partial charge in [0.15, 0.2) is 0 Å². The molecule has 0 aliphatic carbocycles. The molecule has 0 spiro atoms. The van der Waals surface area contributed by atoms with E-state index in [2.05, 4.69) is 5.32 Å². The Morgan fingerprint density at radius 1 is 1.08 bits per heavy atom. The molecule has 1 rings (SSSR count). The van der Waals surface area contributed by atoms with Gasteiger partial charge in [-0.1, -0.05) is 0 Å². The van der Waals surface area contributed by atoms with Gasteiger partial charge in [0.05, 0.1) is 0 Å². The number of nitrogens with one attached hydrogen (secondary N) is 1. The number of hydrogen-bond donors (Lipinski definition) is 3. The van der Waals surface area contributed by atoms with Gasteiger partial charge in [-0.3, -0.25) is 9.59 Å². The molecule has 5 nitrogen and oxygen atoms in total. The maximum atomic E-state index is 10.4. The third-order valence-electron chi connectivity index (χ3n) is 2.35. The van der Waals surface area contributed by atoms with E-state index in [0.717, 1.165) is 0 Å².